The third-order valence-electron chi connectivity index (χ3n) is 5.13. The number of anilines is 1. The Bertz CT molecular complexity index is 998. The smallest absolute Gasteiger partial charge is 0.233 e. The van der Waals surface area contributed by atoms with Crippen LogP contribution in [0.15, 0.2) is 66.1 Å². The summed E-state index contributed by atoms with van der Waals surface area (Å²) in [5.41, 5.74) is 2.83. The quantitative estimate of drug-likeness (QED) is 0.601. The van der Waals surface area contributed by atoms with Crippen LogP contribution in [0.1, 0.15) is 5.56 Å². The lowest BCUT2D eigenvalue weighted by Crippen LogP contribution is -2.49. The monoisotopic (exact) mass is 410 g/mol. The summed E-state index contributed by atoms with van der Waals surface area (Å²) in [6.45, 7) is 4.52. The van der Waals surface area contributed by atoms with Crippen LogP contribution in [0.5, 0.6) is 0 Å². The average Bonchev–Trinajstić information content (AvgIpc) is 3.21. The van der Waals surface area contributed by atoms with Gasteiger partial charge in [-0.15, -0.1) is 0 Å². The van der Waals surface area contributed by atoms with E-state index < -0.39 is 0 Å². The first-order valence-electron chi connectivity index (χ1n) is 9.63. The fourth-order valence-corrected chi connectivity index (χ4v) is 4.40. The number of hydrogen-bond acceptors (Lipinski definition) is 4. The Morgan fingerprint density at radius 3 is 2.45 bits per heavy atom. The van der Waals surface area contributed by atoms with Crippen LogP contribution in [-0.2, 0) is 4.79 Å². The Hall–Kier alpha value is -2.80. The number of imidazole rings is 1. The van der Waals surface area contributed by atoms with Crippen LogP contribution in [0.2, 0.25) is 0 Å². The summed E-state index contributed by atoms with van der Waals surface area (Å²) in [5, 5.41) is 0.803. The molecule has 5 nitrogen and oxygen atoms in total. The first-order valence-corrected chi connectivity index (χ1v) is 10.6. The molecule has 29 heavy (non-hydrogen) atoms. The number of piperazine rings is 1. The summed E-state index contributed by atoms with van der Waals surface area (Å²) in [6, 6.07) is 14.9. The van der Waals surface area contributed by atoms with E-state index in [0.29, 0.717) is 37.6 Å². The number of halogens is 1. The van der Waals surface area contributed by atoms with E-state index in [0.717, 1.165) is 16.4 Å². The Morgan fingerprint density at radius 2 is 1.72 bits per heavy atom. The minimum absolute atomic E-state index is 0.0857. The van der Waals surface area contributed by atoms with Gasteiger partial charge in [0.1, 0.15) is 5.82 Å². The van der Waals surface area contributed by atoms with Crippen LogP contribution in [-0.4, -0.2) is 52.3 Å². The SMILES string of the molecule is Cc1ccccc1-n1ccnc1SCC(=O)N1CCN(c2ccccc2F)CC1. The number of carbonyl (C=O) groups excluding carboxylic acids is 1. The van der Waals surface area contributed by atoms with Gasteiger partial charge in [-0.2, -0.15) is 0 Å². The van der Waals surface area contributed by atoms with Gasteiger partial charge in [-0.05, 0) is 30.7 Å². The Balaban J connectivity index is 1.34. The lowest BCUT2D eigenvalue weighted by atomic mass is 10.2. The number of carbonyl (C=O) groups is 1. The highest BCUT2D eigenvalue weighted by Gasteiger charge is 2.23. The van der Waals surface area contributed by atoms with E-state index in [2.05, 4.69) is 18.0 Å². The predicted octanol–water partition coefficient (Wildman–Crippen LogP) is 3.76. The second kappa shape index (κ2) is 8.69. The Kier molecular flexibility index (Phi) is 5.85. The largest absolute Gasteiger partial charge is 0.366 e. The summed E-state index contributed by atoms with van der Waals surface area (Å²) in [7, 11) is 0. The summed E-state index contributed by atoms with van der Waals surface area (Å²) < 4.78 is 16.0. The van der Waals surface area contributed by atoms with E-state index in [1.807, 2.05) is 44.8 Å². The molecule has 7 heteroatoms. The molecule has 4 rings (SSSR count). The van der Waals surface area contributed by atoms with Crippen molar-refractivity contribution in [3.63, 3.8) is 0 Å². The van der Waals surface area contributed by atoms with Crippen molar-refractivity contribution in [3.05, 3.63) is 72.3 Å². The molecule has 1 fully saturated rings. The first-order chi connectivity index (χ1) is 14.1. The van der Waals surface area contributed by atoms with Crippen molar-refractivity contribution in [2.45, 2.75) is 12.1 Å². The zero-order chi connectivity index (χ0) is 20.2. The number of rotatable bonds is 5. The second-order valence-electron chi connectivity index (χ2n) is 6.97. The molecule has 0 saturated carbocycles. The number of thioether (sulfide) groups is 1. The van der Waals surface area contributed by atoms with E-state index >= 15 is 0 Å². The van der Waals surface area contributed by atoms with Gasteiger partial charge in [-0.25, -0.2) is 9.37 Å². The molecule has 0 spiro atoms. The van der Waals surface area contributed by atoms with Gasteiger partial charge >= 0.3 is 0 Å². The van der Waals surface area contributed by atoms with Crippen molar-refractivity contribution in [3.8, 4) is 5.69 Å². The predicted molar refractivity (Wildman–Crippen MR) is 114 cm³/mol. The van der Waals surface area contributed by atoms with Crippen molar-refractivity contribution in [2.24, 2.45) is 0 Å². The summed E-state index contributed by atoms with van der Waals surface area (Å²) in [4.78, 5) is 21.0. The molecule has 150 valence electrons. The van der Waals surface area contributed by atoms with Crippen LogP contribution in [0.25, 0.3) is 5.69 Å². The number of nitrogens with zero attached hydrogens (tertiary/aromatic N) is 4. The molecule has 0 N–H and O–H groups in total. The highest BCUT2D eigenvalue weighted by atomic mass is 32.2. The minimum atomic E-state index is -0.217. The van der Waals surface area contributed by atoms with Crippen LogP contribution < -0.4 is 4.90 Å². The van der Waals surface area contributed by atoms with Gasteiger partial charge in [-0.3, -0.25) is 9.36 Å². The van der Waals surface area contributed by atoms with E-state index in [4.69, 9.17) is 0 Å². The van der Waals surface area contributed by atoms with Crippen LogP contribution in [0.3, 0.4) is 0 Å². The molecule has 1 aromatic heterocycles. The van der Waals surface area contributed by atoms with Gasteiger partial charge in [0.25, 0.3) is 0 Å². The highest BCUT2D eigenvalue weighted by Crippen LogP contribution is 2.24. The molecule has 0 bridgehead atoms. The summed E-state index contributed by atoms with van der Waals surface area (Å²) in [6.07, 6.45) is 3.68. The fraction of sp³-hybridized carbons (Fsp3) is 0.273. The Morgan fingerprint density at radius 1 is 1.03 bits per heavy atom. The van der Waals surface area contributed by atoms with Gasteiger partial charge in [-0.1, -0.05) is 42.1 Å². The van der Waals surface area contributed by atoms with Gasteiger partial charge in [0.05, 0.1) is 17.1 Å². The highest BCUT2D eigenvalue weighted by molar-refractivity contribution is 7.99. The van der Waals surface area contributed by atoms with Gasteiger partial charge < -0.3 is 9.80 Å². The lowest BCUT2D eigenvalue weighted by molar-refractivity contribution is -0.128. The number of aromatic nitrogens is 2. The molecule has 1 saturated heterocycles. The van der Waals surface area contributed by atoms with Crippen molar-refractivity contribution in [1.29, 1.82) is 0 Å². The van der Waals surface area contributed by atoms with Gasteiger partial charge in [0, 0.05) is 38.6 Å². The topological polar surface area (TPSA) is 41.4 Å². The lowest BCUT2D eigenvalue weighted by Gasteiger charge is -2.36. The normalized spacial score (nSPS) is 14.3. The fourth-order valence-electron chi connectivity index (χ4n) is 3.54. The van der Waals surface area contributed by atoms with Crippen molar-refractivity contribution >= 4 is 23.4 Å². The Labute approximate surface area is 174 Å². The summed E-state index contributed by atoms with van der Waals surface area (Å²) >= 11 is 1.45. The average molecular weight is 411 g/mol. The maximum atomic E-state index is 14.0. The molecule has 1 amide bonds. The van der Waals surface area contributed by atoms with Crippen molar-refractivity contribution in [1.82, 2.24) is 14.5 Å². The number of para-hydroxylation sites is 2. The van der Waals surface area contributed by atoms with E-state index in [1.165, 1.54) is 17.8 Å². The van der Waals surface area contributed by atoms with Crippen LogP contribution in [0, 0.1) is 12.7 Å². The first kappa shape index (κ1) is 19.5. The number of hydrogen-bond donors (Lipinski definition) is 0. The van der Waals surface area contributed by atoms with Gasteiger partial charge in [0.15, 0.2) is 5.16 Å². The van der Waals surface area contributed by atoms with Crippen molar-refractivity contribution < 1.29 is 9.18 Å². The third-order valence-corrected chi connectivity index (χ3v) is 6.08. The molecule has 3 aromatic rings. The molecule has 0 atom stereocenters. The van der Waals surface area contributed by atoms with E-state index in [1.54, 1.807) is 18.3 Å². The molecule has 2 aromatic carbocycles. The molecule has 0 aliphatic carbocycles. The molecular weight excluding hydrogens is 387 g/mol. The van der Waals surface area contributed by atoms with E-state index in [-0.39, 0.29) is 11.7 Å². The maximum Gasteiger partial charge on any atom is 0.233 e. The molecule has 2 heterocycles. The zero-order valence-corrected chi connectivity index (χ0v) is 17.1. The zero-order valence-electron chi connectivity index (χ0n) is 16.3. The molecule has 0 unspecified atom stereocenters. The molecule has 1 aliphatic heterocycles. The maximum absolute atomic E-state index is 14.0. The second-order valence-corrected chi connectivity index (χ2v) is 7.92. The van der Waals surface area contributed by atoms with Gasteiger partial charge in [0.2, 0.25) is 5.91 Å². The van der Waals surface area contributed by atoms with Crippen molar-refractivity contribution in [2.75, 3.05) is 36.8 Å². The molecule has 0 radical (unpaired) electrons. The molecule has 1 aliphatic rings. The van der Waals surface area contributed by atoms with Crippen LogP contribution >= 0.6 is 11.8 Å². The van der Waals surface area contributed by atoms with Crippen LogP contribution in [0.4, 0.5) is 10.1 Å². The summed E-state index contributed by atoms with van der Waals surface area (Å²) in [5.74, 6) is 0.205. The minimum Gasteiger partial charge on any atom is -0.366 e. The van der Waals surface area contributed by atoms with E-state index in [9.17, 15) is 9.18 Å². The molecular formula is C22H23FN4OS. The number of aryl methyl sites for hydroxylation is 1. The standard InChI is InChI=1S/C22H23FN4OS/c1-17-6-2-4-8-19(17)27-11-10-24-22(27)29-16-21(28)26-14-12-25(13-15-26)20-9-5-3-7-18(20)23/h2-11H,12-16H2,1H3. The third kappa shape index (κ3) is 4.29. The number of benzene rings is 2. The number of amides is 1.